The maximum Gasteiger partial charge on any atom is 0.196 e. The van der Waals surface area contributed by atoms with Crippen LogP contribution in [0.2, 0.25) is 0 Å². The Balaban J connectivity index is 1.90. The SMILES string of the molecule is ClC1=NC(c2ccc(-c3cccs3)s2)C=CN1. The summed E-state index contributed by atoms with van der Waals surface area (Å²) >= 11 is 9.38. The van der Waals surface area contributed by atoms with Crippen LogP contribution in [0.25, 0.3) is 9.75 Å². The molecule has 0 saturated heterocycles. The second-order valence-electron chi connectivity index (χ2n) is 3.55. The van der Waals surface area contributed by atoms with Gasteiger partial charge in [-0.3, -0.25) is 0 Å². The summed E-state index contributed by atoms with van der Waals surface area (Å²) in [5.41, 5.74) is 0. The molecule has 1 atom stereocenters. The van der Waals surface area contributed by atoms with Gasteiger partial charge in [-0.25, -0.2) is 4.99 Å². The van der Waals surface area contributed by atoms with Crippen LogP contribution in [-0.4, -0.2) is 5.29 Å². The minimum absolute atomic E-state index is 0.0439. The van der Waals surface area contributed by atoms with Crippen LogP contribution in [0, 0.1) is 0 Å². The summed E-state index contributed by atoms with van der Waals surface area (Å²) in [6, 6.07) is 8.51. The monoisotopic (exact) mass is 280 g/mol. The molecule has 3 rings (SSSR count). The van der Waals surface area contributed by atoms with E-state index in [1.807, 2.05) is 12.3 Å². The Bertz CT molecular complexity index is 569. The van der Waals surface area contributed by atoms with Crippen LogP contribution in [-0.2, 0) is 0 Å². The summed E-state index contributed by atoms with van der Waals surface area (Å²) in [5.74, 6) is 0. The van der Waals surface area contributed by atoms with Crippen molar-refractivity contribution in [2.24, 2.45) is 4.99 Å². The summed E-state index contributed by atoms with van der Waals surface area (Å²) in [4.78, 5) is 8.14. The van der Waals surface area contributed by atoms with Crippen LogP contribution >= 0.6 is 34.3 Å². The van der Waals surface area contributed by atoms with Crippen molar-refractivity contribution in [2.75, 3.05) is 0 Å². The lowest BCUT2D eigenvalue weighted by Crippen LogP contribution is -2.15. The molecule has 0 radical (unpaired) electrons. The first kappa shape index (κ1) is 11.0. The van der Waals surface area contributed by atoms with Crippen LogP contribution < -0.4 is 5.32 Å². The van der Waals surface area contributed by atoms with Crippen molar-refractivity contribution in [1.82, 2.24) is 5.32 Å². The first-order chi connectivity index (χ1) is 8.33. The first-order valence-electron chi connectivity index (χ1n) is 5.13. The smallest absolute Gasteiger partial charge is 0.196 e. The van der Waals surface area contributed by atoms with Crippen molar-refractivity contribution in [3.63, 3.8) is 0 Å². The standard InChI is InChI=1S/C12H9ClN2S2/c13-12-14-6-5-8(15-12)9-3-4-11(17-9)10-2-1-7-16-10/h1-8H,(H,14,15). The molecule has 0 aromatic carbocycles. The van der Waals surface area contributed by atoms with Gasteiger partial charge < -0.3 is 5.32 Å². The fraction of sp³-hybridized carbons (Fsp3) is 0.0833. The lowest BCUT2D eigenvalue weighted by molar-refractivity contribution is 0.900. The van der Waals surface area contributed by atoms with E-state index in [0.29, 0.717) is 5.29 Å². The van der Waals surface area contributed by atoms with Gasteiger partial charge in [0.1, 0.15) is 6.04 Å². The molecule has 0 amide bonds. The lowest BCUT2D eigenvalue weighted by Gasteiger charge is -2.11. The van der Waals surface area contributed by atoms with Gasteiger partial charge in [-0.1, -0.05) is 6.07 Å². The number of aliphatic imine (C=N–C) groups is 1. The number of thiophene rings is 2. The molecule has 2 aromatic rings. The van der Waals surface area contributed by atoms with Crippen LogP contribution in [0.4, 0.5) is 0 Å². The molecular formula is C12H9ClN2S2. The van der Waals surface area contributed by atoms with Gasteiger partial charge in [-0.15, -0.1) is 22.7 Å². The van der Waals surface area contributed by atoms with E-state index in [0.717, 1.165) is 0 Å². The van der Waals surface area contributed by atoms with Crippen molar-refractivity contribution in [3.05, 3.63) is 46.8 Å². The third-order valence-corrected chi connectivity index (χ3v) is 4.84. The molecule has 2 nitrogen and oxygen atoms in total. The zero-order chi connectivity index (χ0) is 11.7. The molecule has 86 valence electrons. The number of hydrogen-bond acceptors (Lipinski definition) is 4. The minimum Gasteiger partial charge on any atom is -0.337 e. The molecule has 17 heavy (non-hydrogen) atoms. The number of hydrogen-bond donors (Lipinski definition) is 1. The molecule has 5 heteroatoms. The Labute approximate surface area is 112 Å². The first-order valence-corrected chi connectivity index (χ1v) is 7.20. The number of nitrogens with zero attached hydrogens (tertiary/aromatic N) is 1. The van der Waals surface area contributed by atoms with Crippen molar-refractivity contribution >= 4 is 39.6 Å². The summed E-state index contributed by atoms with van der Waals surface area (Å²) in [7, 11) is 0. The molecule has 0 saturated carbocycles. The van der Waals surface area contributed by atoms with Crippen LogP contribution in [0.1, 0.15) is 10.9 Å². The van der Waals surface area contributed by atoms with Crippen molar-refractivity contribution in [2.45, 2.75) is 6.04 Å². The largest absolute Gasteiger partial charge is 0.337 e. The van der Waals surface area contributed by atoms with Gasteiger partial charge in [-0.05, 0) is 41.3 Å². The Kier molecular flexibility index (Phi) is 3.01. The molecule has 1 unspecified atom stereocenters. The van der Waals surface area contributed by atoms with Crippen LogP contribution in [0.5, 0.6) is 0 Å². The highest BCUT2D eigenvalue weighted by Gasteiger charge is 2.14. The van der Waals surface area contributed by atoms with Gasteiger partial charge in [0.15, 0.2) is 5.29 Å². The average molecular weight is 281 g/mol. The van der Waals surface area contributed by atoms with Crippen molar-refractivity contribution in [1.29, 1.82) is 0 Å². The summed E-state index contributed by atoms with van der Waals surface area (Å²) in [6.45, 7) is 0. The molecule has 0 fully saturated rings. The van der Waals surface area contributed by atoms with E-state index in [1.165, 1.54) is 14.6 Å². The minimum atomic E-state index is 0.0439. The molecule has 1 N–H and O–H groups in total. The highest BCUT2D eigenvalue weighted by Crippen LogP contribution is 2.36. The van der Waals surface area contributed by atoms with Gasteiger partial charge in [0.05, 0.1) is 0 Å². The molecule has 3 heterocycles. The predicted molar refractivity (Wildman–Crippen MR) is 75.9 cm³/mol. The van der Waals surface area contributed by atoms with E-state index in [4.69, 9.17) is 11.6 Å². The zero-order valence-electron chi connectivity index (χ0n) is 8.76. The van der Waals surface area contributed by atoms with E-state index in [2.05, 4.69) is 40.0 Å². The molecule has 0 bridgehead atoms. The quantitative estimate of drug-likeness (QED) is 0.818. The maximum atomic E-state index is 5.86. The summed E-state index contributed by atoms with van der Waals surface area (Å²) < 4.78 is 0. The second-order valence-corrected chi connectivity index (χ2v) is 5.97. The van der Waals surface area contributed by atoms with Crippen LogP contribution in [0.3, 0.4) is 0 Å². The number of amidine groups is 1. The maximum absolute atomic E-state index is 5.86. The van der Waals surface area contributed by atoms with Crippen molar-refractivity contribution < 1.29 is 0 Å². The van der Waals surface area contributed by atoms with E-state index in [-0.39, 0.29) is 6.04 Å². The fourth-order valence-corrected chi connectivity index (χ4v) is 3.66. The average Bonchev–Trinajstić information content (AvgIpc) is 3.00. The highest BCUT2D eigenvalue weighted by molar-refractivity contribution is 7.21. The normalized spacial score (nSPS) is 18.9. The Morgan fingerprint density at radius 3 is 2.94 bits per heavy atom. The lowest BCUT2D eigenvalue weighted by atomic mass is 10.2. The zero-order valence-corrected chi connectivity index (χ0v) is 11.1. The Hall–Kier alpha value is -1.10. The Morgan fingerprint density at radius 2 is 2.18 bits per heavy atom. The van der Waals surface area contributed by atoms with E-state index >= 15 is 0 Å². The van der Waals surface area contributed by atoms with E-state index in [9.17, 15) is 0 Å². The third kappa shape index (κ3) is 2.29. The molecular weight excluding hydrogens is 272 g/mol. The van der Waals surface area contributed by atoms with Crippen LogP contribution in [0.15, 0.2) is 46.9 Å². The highest BCUT2D eigenvalue weighted by atomic mass is 35.5. The number of rotatable bonds is 2. The fourth-order valence-electron chi connectivity index (χ4n) is 1.63. The van der Waals surface area contributed by atoms with Gasteiger partial charge in [-0.2, -0.15) is 0 Å². The van der Waals surface area contributed by atoms with E-state index < -0.39 is 0 Å². The third-order valence-electron chi connectivity index (χ3n) is 2.42. The molecule has 0 spiro atoms. The Morgan fingerprint density at radius 1 is 1.24 bits per heavy atom. The summed E-state index contributed by atoms with van der Waals surface area (Å²) in [5, 5.41) is 5.40. The molecule has 1 aliphatic heterocycles. The topological polar surface area (TPSA) is 24.4 Å². The van der Waals surface area contributed by atoms with E-state index in [1.54, 1.807) is 22.7 Å². The predicted octanol–water partition coefficient (Wildman–Crippen LogP) is 4.23. The van der Waals surface area contributed by atoms with Crippen molar-refractivity contribution in [3.8, 4) is 9.75 Å². The molecule has 1 aliphatic rings. The van der Waals surface area contributed by atoms with Gasteiger partial charge in [0.2, 0.25) is 0 Å². The molecule has 2 aromatic heterocycles. The number of nitrogens with one attached hydrogen (secondary N) is 1. The number of halogens is 1. The van der Waals surface area contributed by atoms with Gasteiger partial charge in [0.25, 0.3) is 0 Å². The second kappa shape index (κ2) is 4.64. The molecule has 0 aliphatic carbocycles. The van der Waals surface area contributed by atoms with Gasteiger partial charge in [0, 0.05) is 20.8 Å². The van der Waals surface area contributed by atoms with Gasteiger partial charge >= 0.3 is 0 Å². The summed E-state index contributed by atoms with van der Waals surface area (Å²) in [6.07, 6.45) is 3.85.